The highest BCUT2D eigenvalue weighted by Crippen LogP contribution is 1.99. The van der Waals surface area contributed by atoms with Crippen LogP contribution in [0.1, 0.15) is 6.42 Å². The molecule has 0 bridgehead atoms. The smallest absolute Gasteiger partial charge is 0.253 e. The number of hydrogen-bond donors (Lipinski definition) is 1. The van der Waals surface area contributed by atoms with E-state index in [0.29, 0.717) is 13.0 Å². The lowest BCUT2D eigenvalue weighted by atomic mass is 10.5. The van der Waals surface area contributed by atoms with Crippen molar-refractivity contribution in [1.29, 1.82) is 0 Å². The van der Waals surface area contributed by atoms with Gasteiger partial charge in [0.25, 0.3) is 5.91 Å². The molecular weight excluding hydrogens is 161 g/mol. The van der Waals surface area contributed by atoms with Crippen molar-refractivity contribution in [2.45, 2.75) is 11.3 Å². The Labute approximate surface area is 64.5 Å². The molecule has 0 aliphatic carbocycles. The van der Waals surface area contributed by atoms with Gasteiger partial charge in [0, 0.05) is 6.54 Å². The summed E-state index contributed by atoms with van der Waals surface area (Å²) < 4.78 is 0. The van der Waals surface area contributed by atoms with Gasteiger partial charge in [-0.2, -0.15) is 0 Å². The Balaban J connectivity index is 3.28. The second kappa shape index (κ2) is 4.89. The number of carbonyl (C=O) groups excluding carboxylic acids is 1. The number of hydrogen-bond acceptors (Lipinski definition) is 1. The normalized spacial score (nSPS) is 9.78. The summed E-state index contributed by atoms with van der Waals surface area (Å²) in [5, 5.41) is 2.47. The van der Waals surface area contributed by atoms with Gasteiger partial charge in [-0.25, -0.2) is 0 Å². The monoisotopic (exact) mass is 168 g/mol. The summed E-state index contributed by atoms with van der Waals surface area (Å²) in [6, 6.07) is 0. The molecule has 0 aliphatic rings. The SMILES string of the molecule is [CH2]CCNC(=O)C(Cl)Cl. The van der Waals surface area contributed by atoms with Crippen LogP contribution in [-0.2, 0) is 4.79 Å². The van der Waals surface area contributed by atoms with E-state index in [4.69, 9.17) is 23.2 Å². The van der Waals surface area contributed by atoms with E-state index in [2.05, 4.69) is 12.2 Å². The quantitative estimate of drug-likeness (QED) is 0.630. The molecule has 9 heavy (non-hydrogen) atoms. The first-order valence-electron chi connectivity index (χ1n) is 2.53. The summed E-state index contributed by atoms with van der Waals surface area (Å²) in [6.45, 7) is 4.04. The minimum Gasteiger partial charge on any atom is -0.354 e. The summed E-state index contributed by atoms with van der Waals surface area (Å²) in [4.78, 5) is 9.54. The second-order valence-electron chi connectivity index (χ2n) is 1.45. The number of halogens is 2. The molecule has 0 aromatic rings. The fraction of sp³-hybridized carbons (Fsp3) is 0.600. The Kier molecular flexibility index (Phi) is 4.91. The fourth-order valence-corrected chi connectivity index (χ4v) is 0.443. The lowest BCUT2D eigenvalue weighted by molar-refractivity contribution is -0.119. The first kappa shape index (κ1) is 9.05. The lowest BCUT2D eigenvalue weighted by Gasteiger charge is -2.01. The average Bonchev–Trinajstić information content (AvgIpc) is 1.82. The summed E-state index contributed by atoms with van der Waals surface area (Å²) in [6.07, 6.45) is 0.645. The number of rotatable bonds is 3. The van der Waals surface area contributed by atoms with Crippen LogP contribution < -0.4 is 5.32 Å². The van der Waals surface area contributed by atoms with Gasteiger partial charge in [-0.1, -0.05) is 30.1 Å². The maximum Gasteiger partial charge on any atom is 0.253 e. The van der Waals surface area contributed by atoms with Gasteiger partial charge in [-0.3, -0.25) is 4.79 Å². The van der Waals surface area contributed by atoms with Gasteiger partial charge in [0.2, 0.25) is 0 Å². The van der Waals surface area contributed by atoms with Crippen LogP contribution in [0.5, 0.6) is 0 Å². The van der Waals surface area contributed by atoms with Crippen LogP contribution in [0.25, 0.3) is 0 Å². The second-order valence-corrected chi connectivity index (χ2v) is 2.54. The standard InChI is InChI=1S/C5H8Cl2NO/c1-2-3-8-5(9)4(6)7/h4H,1-3H2,(H,8,9). The third kappa shape index (κ3) is 4.55. The van der Waals surface area contributed by atoms with Crippen molar-refractivity contribution >= 4 is 29.1 Å². The van der Waals surface area contributed by atoms with E-state index in [1.165, 1.54) is 0 Å². The summed E-state index contributed by atoms with van der Waals surface area (Å²) in [5.74, 6) is -0.359. The predicted molar refractivity (Wildman–Crippen MR) is 38.5 cm³/mol. The Morgan fingerprint density at radius 3 is 2.56 bits per heavy atom. The fourth-order valence-electron chi connectivity index (χ4n) is 0.289. The minimum absolute atomic E-state index is 0.359. The van der Waals surface area contributed by atoms with E-state index in [-0.39, 0.29) is 5.91 Å². The molecule has 0 saturated heterocycles. The molecule has 0 heterocycles. The van der Waals surface area contributed by atoms with Crippen molar-refractivity contribution in [3.8, 4) is 0 Å². The van der Waals surface area contributed by atoms with Crippen LogP contribution in [0.4, 0.5) is 0 Å². The Hall–Kier alpha value is 0.0500. The highest BCUT2D eigenvalue weighted by Gasteiger charge is 2.08. The van der Waals surface area contributed by atoms with Crippen LogP contribution in [0.15, 0.2) is 0 Å². The van der Waals surface area contributed by atoms with E-state index in [0.717, 1.165) is 0 Å². The number of carbonyl (C=O) groups is 1. The molecule has 1 radical (unpaired) electrons. The number of alkyl halides is 2. The molecule has 0 aromatic carbocycles. The molecule has 53 valence electrons. The van der Waals surface area contributed by atoms with Gasteiger partial charge < -0.3 is 5.32 Å². The van der Waals surface area contributed by atoms with Crippen LogP contribution in [0.2, 0.25) is 0 Å². The summed E-state index contributed by atoms with van der Waals surface area (Å²) in [5.41, 5.74) is 0. The molecule has 0 unspecified atom stereocenters. The van der Waals surface area contributed by atoms with Crippen molar-refractivity contribution < 1.29 is 4.79 Å². The largest absolute Gasteiger partial charge is 0.354 e. The van der Waals surface area contributed by atoms with E-state index in [1.807, 2.05) is 0 Å². The van der Waals surface area contributed by atoms with Crippen molar-refractivity contribution in [3.05, 3.63) is 6.92 Å². The van der Waals surface area contributed by atoms with Crippen LogP contribution >= 0.6 is 23.2 Å². The van der Waals surface area contributed by atoms with Crippen LogP contribution in [0, 0.1) is 6.92 Å². The molecule has 1 N–H and O–H groups in total. The number of amides is 1. The molecule has 0 rings (SSSR count). The van der Waals surface area contributed by atoms with Crippen LogP contribution in [-0.4, -0.2) is 17.3 Å². The molecule has 0 spiro atoms. The molecule has 0 saturated carbocycles. The maximum absolute atomic E-state index is 10.5. The third-order valence-electron chi connectivity index (χ3n) is 0.674. The molecule has 2 nitrogen and oxygen atoms in total. The zero-order valence-corrected chi connectivity index (χ0v) is 6.37. The van der Waals surface area contributed by atoms with Crippen LogP contribution in [0.3, 0.4) is 0 Å². The van der Waals surface area contributed by atoms with Crippen molar-refractivity contribution in [2.24, 2.45) is 0 Å². The summed E-state index contributed by atoms with van der Waals surface area (Å²) in [7, 11) is 0. The Morgan fingerprint density at radius 2 is 2.22 bits per heavy atom. The van der Waals surface area contributed by atoms with Gasteiger partial charge in [0.1, 0.15) is 0 Å². The van der Waals surface area contributed by atoms with Crippen molar-refractivity contribution in [3.63, 3.8) is 0 Å². The molecule has 1 amide bonds. The Morgan fingerprint density at radius 1 is 1.67 bits per heavy atom. The molecule has 0 aromatic heterocycles. The minimum atomic E-state index is -0.962. The van der Waals surface area contributed by atoms with E-state index >= 15 is 0 Å². The number of nitrogens with one attached hydrogen (secondary N) is 1. The molecule has 0 atom stereocenters. The van der Waals surface area contributed by atoms with E-state index in [9.17, 15) is 4.79 Å². The van der Waals surface area contributed by atoms with Gasteiger partial charge in [-0.15, -0.1) is 0 Å². The maximum atomic E-state index is 10.5. The summed E-state index contributed by atoms with van der Waals surface area (Å²) >= 11 is 10.4. The van der Waals surface area contributed by atoms with Crippen molar-refractivity contribution in [2.75, 3.05) is 6.54 Å². The first-order chi connectivity index (χ1) is 4.18. The molecule has 0 aliphatic heterocycles. The molecule has 0 fully saturated rings. The first-order valence-corrected chi connectivity index (χ1v) is 3.41. The van der Waals surface area contributed by atoms with Gasteiger partial charge in [0.05, 0.1) is 0 Å². The lowest BCUT2D eigenvalue weighted by Crippen LogP contribution is -2.28. The zero-order chi connectivity index (χ0) is 7.28. The molecule has 4 heteroatoms. The molecular formula is C5H8Cl2NO. The highest BCUT2D eigenvalue weighted by atomic mass is 35.5. The van der Waals surface area contributed by atoms with Crippen molar-refractivity contribution in [1.82, 2.24) is 5.32 Å². The topological polar surface area (TPSA) is 29.1 Å². The zero-order valence-electron chi connectivity index (χ0n) is 4.86. The van der Waals surface area contributed by atoms with Gasteiger partial charge in [-0.05, 0) is 6.42 Å². The van der Waals surface area contributed by atoms with E-state index < -0.39 is 4.84 Å². The Bertz CT molecular complexity index is 95.0. The predicted octanol–water partition coefficient (Wildman–Crippen LogP) is 1.13. The highest BCUT2D eigenvalue weighted by molar-refractivity contribution is 6.53. The van der Waals surface area contributed by atoms with Gasteiger partial charge >= 0.3 is 0 Å². The van der Waals surface area contributed by atoms with E-state index in [1.54, 1.807) is 0 Å². The average molecular weight is 169 g/mol. The third-order valence-corrected chi connectivity index (χ3v) is 1.07. The van der Waals surface area contributed by atoms with Gasteiger partial charge in [0.15, 0.2) is 4.84 Å².